The Labute approximate surface area is 214 Å². The van der Waals surface area contributed by atoms with Gasteiger partial charge in [0, 0.05) is 31.7 Å². The largest absolute Gasteiger partial charge is 0.497 e. The van der Waals surface area contributed by atoms with Crippen molar-refractivity contribution < 1.29 is 19.1 Å². The summed E-state index contributed by atoms with van der Waals surface area (Å²) in [5, 5.41) is 9.08. The van der Waals surface area contributed by atoms with E-state index < -0.39 is 11.9 Å². The quantitative estimate of drug-likeness (QED) is 0.202. The van der Waals surface area contributed by atoms with Crippen molar-refractivity contribution in [2.75, 3.05) is 20.3 Å². The topological polar surface area (TPSA) is 140 Å². The molecule has 0 saturated carbocycles. The highest BCUT2D eigenvalue weighted by Crippen LogP contribution is 2.32. The number of nitrogens with zero attached hydrogens (tertiary/aromatic N) is 2. The van der Waals surface area contributed by atoms with Crippen molar-refractivity contribution in [1.82, 2.24) is 25.9 Å². The Hall–Kier alpha value is -3.73. The summed E-state index contributed by atoms with van der Waals surface area (Å²) >= 11 is 6.23. The average molecular weight is 513 g/mol. The minimum atomic E-state index is -0.725. The Morgan fingerprint density at radius 3 is 2.47 bits per heavy atom. The van der Waals surface area contributed by atoms with Crippen molar-refractivity contribution in [3.8, 4) is 17.2 Å². The molecule has 5 N–H and O–H groups in total. The molecule has 36 heavy (non-hydrogen) atoms. The van der Waals surface area contributed by atoms with Crippen LogP contribution >= 0.6 is 11.6 Å². The van der Waals surface area contributed by atoms with E-state index in [4.69, 9.17) is 26.8 Å². The third kappa shape index (κ3) is 8.19. The molecule has 10 nitrogen and oxygen atoms in total. The molecule has 2 aromatic carbocycles. The van der Waals surface area contributed by atoms with Gasteiger partial charge < -0.3 is 31.2 Å². The number of hydrogen-bond acceptors (Lipinski definition) is 8. The molecule has 0 radical (unpaired) electrons. The first-order valence-electron chi connectivity index (χ1n) is 11.3. The molecule has 3 aromatic rings. The molecular formula is C25H29ClN6O4. The van der Waals surface area contributed by atoms with Gasteiger partial charge in [-0.2, -0.15) is 0 Å². The second kappa shape index (κ2) is 14.0. The molecule has 1 unspecified atom stereocenters. The first-order valence-corrected chi connectivity index (χ1v) is 11.7. The monoisotopic (exact) mass is 512 g/mol. The lowest BCUT2D eigenvalue weighted by atomic mass is 10.1. The van der Waals surface area contributed by atoms with Gasteiger partial charge in [0.15, 0.2) is 0 Å². The second-order valence-corrected chi connectivity index (χ2v) is 8.17. The summed E-state index contributed by atoms with van der Waals surface area (Å²) in [5.74, 6) is 1.03. The first kappa shape index (κ1) is 26.9. The van der Waals surface area contributed by atoms with E-state index in [-0.39, 0.29) is 18.0 Å². The van der Waals surface area contributed by atoms with Crippen LogP contribution in [0.2, 0.25) is 5.02 Å². The van der Waals surface area contributed by atoms with Crippen LogP contribution in [0.15, 0.2) is 61.2 Å². The van der Waals surface area contributed by atoms with E-state index in [0.29, 0.717) is 48.3 Å². The highest BCUT2D eigenvalue weighted by Gasteiger charge is 2.21. The molecule has 0 aliphatic carbocycles. The number of carbonyl (C=O) groups is 2. The van der Waals surface area contributed by atoms with Gasteiger partial charge in [0.1, 0.15) is 29.6 Å². The SMILES string of the molecule is COc1ccc(Oc2ccc(CNC(=O)C(CCCNCN)NC(=O)c3cncnc3)cc2)c(Cl)c1. The second-order valence-electron chi connectivity index (χ2n) is 7.76. The van der Waals surface area contributed by atoms with Gasteiger partial charge >= 0.3 is 0 Å². The maximum Gasteiger partial charge on any atom is 0.255 e. The van der Waals surface area contributed by atoms with Crippen LogP contribution in [-0.4, -0.2) is 48.1 Å². The van der Waals surface area contributed by atoms with Crippen molar-refractivity contribution in [1.29, 1.82) is 0 Å². The van der Waals surface area contributed by atoms with Crippen LogP contribution in [0.5, 0.6) is 17.2 Å². The number of hydrogen-bond donors (Lipinski definition) is 4. The predicted molar refractivity (Wildman–Crippen MR) is 136 cm³/mol. The first-order chi connectivity index (χ1) is 17.5. The number of rotatable bonds is 13. The number of amides is 2. The van der Waals surface area contributed by atoms with Gasteiger partial charge in [-0.3, -0.25) is 9.59 Å². The third-order valence-electron chi connectivity index (χ3n) is 5.19. The van der Waals surface area contributed by atoms with Gasteiger partial charge in [-0.1, -0.05) is 23.7 Å². The van der Waals surface area contributed by atoms with Gasteiger partial charge in [-0.25, -0.2) is 9.97 Å². The fourth-order valence-electron chi connectivity index (χ4n) is 3.27. The van der Waals surface area contributed by atoms with E-state index in [1.807, 2.05) is 12.1 Å². The number of benzene rings is 2. The van der Waals surface area contributed by atoms with E-state index in [1.54, 1.807) is 37.4 Å². The minimum Gasteiger partial charge on any atom is -0.497 e. The molecule has 3 rings (SSSR count). The van der Waals surface area contributed by atoms with Gasteiger partial charge in [-0.05, 0) is 49.2 Å². The number of carbonyl (C=O) groups excluding carboxylic acids is 2. The fraction of sp³-hybridized carbons (Fsp3) is 0.280. The molecule has 0 aliphatic heterocycles. The smallest absolute Gasteiger partial charge is 0.255 e. The van der Waals surface area contributed by atoms with Crippen LogP contribution < -0.4 is 31.2 Å². The molecule has 2 amide bonds. The summed E-state index contributed by atoms with van der Waals surface area (Å²) < 4.78 is 11.0. The van der Waals surface area contributed by atoms with Crippen molar-refractivity contribution in [3.63, 3.8) is 0 Å². The van der Waals surface area contributed by atoms with E-state index in [9.17, 15) is 9.59 Å². The zero-order valence-electron chi connectivity index (χ0n) is 19.9. The Balaban J connectivity index is 1.57. The average Bonchev–Trinajstić information content (AvgIpc) is 2.91. The molecule has 0 fully saturated rings. The molecule has 1 atom stereocenters. The normalized spacial score (nSPS) is 11.4. The molecule has 1 heterocycles. The summed E-state index contributed by atoms with van der Waals surface area (Å²) in [6.07, 6.45) is 5.22. The number of nitrogens with one attached hydrogen (secondary N) is 3. The molecular weight excluding hydrogens is 484 g/mol. The Bertz CT molecular complexity index is 1130. The maximum atomic E-state index is 12.9. The summed E-state index contributed by atoms with van der Waals surface area (Å²) in [4.78, 5) is 33.1. The van der Waals surface area contributed by atoms with Crippen LogP contribution in [0.4, 0.5) is 0 Å². The highest BCUT2D eigenvalue weighted by atomic mass is 35.5. The minimum absolute atomic E-state index is 0.280. The van der Waals surface area contributed by atoms with Crippen LogP contribution in [0.3, 0.4) is 0 Å². The lowest BCUT2D eigenvalue weighted by Crippen LogP contribution is -2.46. The summed E-state index contributed by atoms with van der Waals surface area (Å²) in [5.41, 5.74) is 6.60. The van der Waals surface area contributed by atoms with Crippen LogP contribution in [-0.2, 0) is 11.3 Å². The summed E-state index contributed by atoms with van der Waals surface area (Å²) in [7, 11) is 1.57. The van der Waals surface area contributed by atoms with Crippen molar-refractivity contribution >= 4 is 23.4 Å². The van der Waals surface area contributed by atoms with Crippen molar-refractivity contribution in [2.45, 2.75) is 25.4 Å². The number of aromatic nitrogens is 2. The van der Waals surface area contributed by atoms with Crippen molar-refractivity contribution in [2.24, 2.45) is 5.73 Å². The number of ether oxygens (including phenoxy) is 2. The van der Waals surface area contributed by atoms with Gasteiger partial charge in [0.05, 0.1) is 17.7 Å². The molecule has 1 aromatic heterocycles. The maximum absolute atomic E-state index is 12.9. The molecule has 0 spiro atoms. The fourth-order valence-corrected chi connectivity index (χ4v) is 3.48. The highest BCUT2D eigenvalue weighted by molar-refractivity contribution is 6.32. The zero-order chi connectivity index (χ0) is 25.8. The predicted octanol–water partition coefficient (Wildman–Crippen LogP) is 2.63. The lowest BCUT2D eigenvalue weighted by molar-refractivity contribution is -0.123. The van der Waals surface area contributed by atoms with Crippen LogP contribution in [0, 0.1) is 0 Å². The van der Waals surface area contributed by atoms with E-state index >= 15 is 0 Å². The molecule has 190 valence electrons. The van der Waals surface area contributed by atoms with Gasteiger partial charge in [0.2, 0.25) is 5.91 Å². The van der Waals surface area contributed by atoms with E-state index in [2.05, 4.69) is 25.9 Å². The lowest BCUT2D eigenvalue weighted by Gasteiger charge is -2.19. The number of nitrogens with two attached hydrogens (primary N) is 1. The molecule has 0 saturated heterocycles. The zero-order valence-corrected chi connectivity index (χ0v) is 20.6. The Kier molecular flexibility index (Phi) is 10.4. The van der Waals surface area contributed by atoms with E-state index in [0.717, 1.165) is 5.56 Å². The number of methoxy groups -OCH3 is 1. The van der Waals surface area contributed by atoms with Crippen LogP contribution in [0.25, 0.3) is 0 Å². The van der Waals surface area contributed by atoms with Crippen LogP contribution in [0.1, 0.15) is 28.8 Å². The summed E-state index contributed by atoms with van der Waals surface area (Å²) in [6.45, 7) is 1.25. The molecule has 11 heteroatoms. The summed E-state index contributed by atoms with van der Waals surface area (Å²) in [6, 6.07) is 11.7. The molecule has 0 bridgehead atoms. The Morgan fingerprint density at radius 2 is 1.81 bits per heavy atom. The van der Waals surface area contributed by atoms with E-state index in [1.165, 1.54) is 18.7 Å². The van der Waals surface area contributed by atoms with Gasteiger partial charge in [0.25, 0.3) is 5.91 Å². The third-order valence-corrected chi connectivity index (χ3v) is 5.49. The number of halogens is 1. The standard InChI is InChI=1S/C25H29ClN6O4/c1-35-20-8-9-23(21(26)11-20)36-19-6-4-17(5-7-19)12-31-25(34)22(3-2-10-28-15-27)32-24(33)18-13-29-16-30-14-18/h4-9,11,13-14,16,22,28H,2-3,10,12,15,27H2,1H3,(H,31,34)(H,32,33). The van der Waals surface area contributed by atoms with Crippen molar-refractivity contribution in [3.05, 3.63) is 77.3 Å². The molecule has 0 aliphatic rings. The Morgan fingerprint density at radius 1 is 1.08 bits per heavy atom. The van der Waals surface area contributed by atoms with Gasteiger partial charge in [-0.15, -0.1) is 0 Å².